The minimum atomic E-state index is -0.0757. The smallest absolute Gasteiger partial charge is 0.223 e. The van der Waals surface area contributed by atoms with Crippen LogP contribution in [0.4, 0.5) is 0 Å². The highest BCUT2D eigenvalue weighted by molar-refractivity contribution is 5.87. The Morgan fingerprint density at radius 2 is 1.53 bits per heavy atom. The molecule has 3 aromatic carbocycles. The molecule has 1 aromatic heterocycles. The molecule has 0 aliphatic carbocycles. The van der Waals surface area contributed by atoms with Crippen molar-refractivity contribution in [1.29, 1.82) is 0 Å². The van der Waals surface area contributed by atoms with Gasteiger partial charge in [0, 0.05) is 49.1 Å². The first-order chi connectivity index (χ1) is 17.7. The first-order valence-electron chi connectivity index (χ1n) is 12.4. The number of rotatable bonds is 8. The van der Waals surface area contributed by atoms with Crippen LogP contribution in [-0.2, 0) is 16.1 Å². The van der Waals surface area contributed by atoms with Crippen molar-refractivity contribution in [3.8, 4) is 11.5 Å². The van der Waals surface area contributed by atoms with Gasteiger partial charge in [-0.1, -0.05) is 42.5 Å². The van der Waals surface area contributed by atoms with E-state index in [1.807, 2.05) is 29.2 Å². The second-order valence-electron chi connectivity index (χ2n) is 9.10. The molecule has 2 heterocycles. The van der Waals surface area contributed by atoms with Crippen LogP contribution in [0.15, 0.2) is 79.0 Å². The molecule has 0 unspecified atom stereocenters. The van der Waals surface area contributed by atoms with E-state index in [-0.39, 0.29) is 11.8 Å². The number of benzene rings is 3. The predicted octanol–water partition coefficient (Wildman–Crippen LogP) is 5.09. The maximum Gasteiger partial charge on any atom is 0.223 e. The van der Waals surface area contributed by atoms with E-state index in [0.717, 1.165) is 34.7 Å². The van der Waals surface area contributed by atoms with Crippen LogP contribution in [0.3, 0.4) is 0 Å². The number of morpholine rings is 1. The normalized spacial score (nSPS) is 14.6. The third-order valence-electron chi connectivity index (χ3n) is 6.97. The number of hydrogen-bond donors (Lipinski definition) is 0. The van der Waals surface area contributed by atoms with Crippen LogP contribution in [0.2, 0.25) is 0 Å². The highest BCUT2D eigenvalue weighted by Crippen LogP contribution is 2.36. The highest BCUT2D eigenvalue weighted by Gasteiger charge is 2.26. The molecule has 6 heteroatoms. The first-order valence-corrected chi connectivity index (χ1v) is 12.4. The Balaban J connectivity index is 1.53. The number of aromatic nitrogens is 1. The Hall–Kier alpha value is -3.77. The molecule has 1 aliphatic rings. The quantitative estimate of drug-likeness (QED) is 0.350. The molecule has 1 amide bonds. The predicted molar refractivity (Wildman–Crippen MR) is 141 cm³/mol. The second-order valence-corrected chi connectivity index (χ2v) is 9.10. The third-order valence-corrected chi connectivity index (χ3v) is 6.97. The van der Waals surface area contributed by atoms with Crippen molar-refractivity contribution < 1.29 is 19.0 Å². The molecule has 1 fully saturated rings. The number of carbonyl (C=O) groups is 1. The van der Waals surface area contributed by atoms with Crippen LogP contribution in [-0.4, -0.2) is 55.9 Å². The molecule has 1 atom stereocenters. The van der Waals surface area contributed by atoms with Gasteiger partial charge in [-0.15, -0.1) is 0 Å². The number of ether oxygens (including phenoxy) is 3. The lowest BCUT2D eigenvalue weighted by molar-refractivity contribution is -0.135. The van der Waals surface area contributed by atoms with Gasteiger partial charge in [0.05, 0.1) is 27.4 Å². The van der Waals surface area contributed by atoms with Crippen LogP contribution >= 0.6 is 0 Å². The number of para-hydroxylation sites is 1. The van der Waals surface area contributed by atoms with Crippen molar-refractivity contribution in [1.82, 2.24) is 9.47 Å². The van der Waals surface area contributed by atoms with Gasteiger partial charge in [-0.3, -0.25) is 4.79 Å². The average Bonchev–Trinajstić information content (AvgIpc) is 3.30. The maximum absolute atomic E-state index is 13.4. The Morgan fingerprint density at radius 1 is 0.889 bits per heavy atom. The Kier molecular flexibility index (Phi) is 7.23. The molecule has 1 saturated heterocycles. The monoisotopic (exact) mass is 484 g/mol. The van der Waals surface area contributed by atoms with Gasteiger partial charge in [0.2, 0.25) is 5.91 Å². The van der Waals surface area contributed by atoms with Gasteiger partial charge in [-0.2, -0.15) is 0 Å². The van der Waals surface area contributed by atoms with Gasteiger partial charge < -0.3 is 23.7 Å². The SMILES string of the molecule is COc1ccc(Cn2cc([C@@H](CC(=O)N3CCOCC3)c3ccc(OC)cc3)c3ccccc32)cc1. The Bertz CT molecular complexity index is 1310. The molecular formula is C30H32N2O4. The van der Waals surface area contributed by atoms with Crippen LogP contribution in [0.1, 0.15) is 29.0 Å². The summed E-state index contributed by atoms with van der Waals surface area (Å²) < 4.78 is 18.4. The van der Waals surface area contributed by atoms with Gasteiger partial charge in [-0.05, 0) is 47.0 Å². The van der Waals surface area contributed by atoms with Crippen LogP contribution in [0.5, 0.6) is 11.5 Å². The second kappa shape index (κ2) is 10.9. The minimum absolute atomic E-state index is 0.0757. The van der Waals surface area contributed by atoms with E-state index in [1.165, 1.54) is 10.9 Å². The molecule has 6 nitrogen and oxygen atoms in total. The molecule has 1 aliphatic heterocycles. The molecule has 0 radical (unpaired) electrons. The number of hydrogen-bond acceptors (Lipinski definition) is 4. The summed E-state index contributed by atoms with van der Waals surface area (Å²) >= 11 is 0. The molecule has 0 bridgehead atoms. The summed E-state index contributed by atoms with van der Waals surface area (Å²) in [4.78, 5) is 15.3. The van der Waals surface area contributed by atoms with Crippen LogP contribution < -0.4 is 9.47 Å². The van der Waals surface area contributed by atoms with Crippen molar-refractivity contribution in [3.63, 3.8) is 0 Å². The average molecular weight is 485 g/mol. The Morgan fingerprint density at radius 3 is 2.19 bits per heavy atom. The van der Waals surface area contributed by atoms with Crippen molar-refractivity contribution in [3.05, 3.63) is 95.7 Å². The number of carbonyl (C=O) groups excluding carboxylic acids is 1. The van der Waals surface area contributed by atoms with E-state index in [0.29, 0.717) is 32.7 Å². The van der Waals surface area contributed by atoms with Gasteiger partial charge in [0.25, 0.3) is 0 Å². The fourth-order valence-corrected chi connectivity index (χ4v) is 4.97. The summed E-state index contributed by atoms with van der Waals surface area (Å²) in [6.07, 6.45) is 2.62. The lowest BCUT2D eigenvalue weighted by atomic mass is 9.87. The number of amides is 1. The van der Waals surface area contributed by atoms with Gasteiger partial charge in [-0.25, -0.2) is 0 Å². The molecule has 0 saturated carbocycles. The van der Waals surface area contributed by atoms with E-state index < -0.39 is 0 Å². The van der Waals surface area contributed by atoms with Crippen LogP contribution in [0, 0.1) is 0 Å². The van der Waals surface area contributed by atoms with E-state index in [4.69, 9.17) is 14.2 Å². The first kappa shape index (κ1) is 23.9. The lowest BCUT2D eigenvalue weighted by Crippen LogP contribution is -2.41. The van der Waals surface area contributed by atoms with Crippen LogP contribution in [0.25, 0.3) is 10.9 Å². The van der Waals surface area contributed by atoms with Gasteiger partial charge >= 0.3 is 0 Å². The zero-order chi connectivity index (χ0) is 24.9. The standard InChI is InChI=1S/C30H32N2O4/c1-34-24-11-7-22(8-12-24)20-32-21-28(26-5-3-4-6-29(26)32)27(23-9-13-25(35-2)14-10-23)19-30(33)31-15-17-36-18-16-31/h3-14,21,27H,15-20H2,1-2H3/t27-/m0/s1. The van der Waals surface area contributed by atoms with Gasteiger partial charge in [0.1, 0.15) is 11.5 Å². The van der Waals surface area contributed by atoms with Crippen molar-refractivity contribution >= 4 is 16.8 Å². The van der Waals surface area contributed by atoms with E-state index in [9.17, 15) is 4.79 Å². The maximum atomic E-state index is 13.4. The van der Waals surface area contributed by atoms with Crippen molar-refractivity contribution in [2.75, 3.05) is 40.5 Å². The lowest BCUT2D eigenvalue weighted by Gasteiger charge is -2.28. The zero-order valence-electron chi connectivity index (χ0n) is 20.9. The van der Waals surface area contributed by atoms with Crippen molar-refractivity contribution in [2.24, 2.45) is 0 Å². The Labute approximate surface area is 212 Å². The van der Waals surface area contributed by atoms with Gasteiger partial charge in [0.15, 0.2) is 0 Å². The molecule has 186 valence electrons. The van der Waals surface area contributed by atoms with Crippen molar-refractivity contribution in [2.45, 2.75) is 18.9 Å². The molecular weight excluding hydrogens is 452 g/mol. The summed E-state index contributed by atoms with van der Waals surface area (Å²) in [5.41, 5.74) is 4.60. The fourth-order valence-electron chi connectivity index (χ4n) is 4.97. The molecule has 0 spiro atoms. The molecule has 4 aromatic rings. The zero-order valence-corrected chi connectivity index (χ0v) is 20.9. The summed E-state index contributed by atoms with van der Waals surface area (Å²) in [5, 5.41) is 1.17. The topological polar surface area (TPSA) is 52.9 Å². The third kappa shape index (κ3) is 5.09. The fraction of sp³-hybridized carbons (Fsp3) is 0.300. The molecule has 0 N–H and O–H groups in total. The summed E-state index contributed by atoms with van der Waals surface area (Å²) in [6, 6.07) is 24.7. The largest absolute Gasteiger partial charge is 0.497 e. The minimum Gasteiger partial charge on any atom is -0.497 e. The van der Waals surface area contributed by atoms with E-state index >= 15 is 0 Å². The highest BCUT2D eigenvalue weighted by atomic mass is 16.5. The number of methoxy groups -OCH3 is 2. The number of nitrogens with zero attached hydrogens (tertiary/aromatic N) is 2. The van der Waals surface area contributed by atoms with E-state index in [2.05, 4.69) is 59.3 Å². The molecule has 5 rings (SSSR count). The summed E-state index contributed by atoms with van der Waals surface area (Å²) in [7, 11) is 3.35. The van der Waals surface area contributed by atoms with E-state index in [1.54, 1.807) is 14.2 Å². The number of fused-ring (bicyclic) bond motifs is 1. The summed E-state index contributed by atoms with van der Waals surface area (Å²) in [6.45, 7) is 3.22. The summed E-state index contributed by atoms with van der Waals surface area (Å²) in [5.74, 6) is 1.73. The molecule has 36 heavy (non-hydrogen) atoms.